The van der Waals surface area contributed by atoms with Crippen LogP contribution in [0.25, 0.3) is 0 Å². The van der Waals surface area contributed by atoms with E-state index in [4.69, 9.17) is 9.47 Å². The Kier molecular flexibility index (Phi) is 4.18. The molecule has 0 N–H and O–H groups in total. The van der Waals surface area contributed by atoms with Gasteiger partial charge in [-0.3, -0.25) is 4.79 Å². The zero-order valence-electron chi connectivity index (χ0n) is 9.79. The molecule has 1 aliphatic heterocycles. The van der Waals surface area contributed by atoms with Gasteiger partial charge >= 0.3 is 0 Å². The second kappa shape index (κ2) is 5.65. The van der Waals surface area contributed by atoms with Crippen molar-refractivity contribution in [2.75, 3.05) is 20.3 Å². The number of ether oxygens (including phenoxy) is 2. The van der Waals surface area contributed by atoms with E-state index in [1.54, 1.807) is 0 Å². The first-order valence-electron chi connectivity index (χ1n) is 5.69. The number of carbonyl (C=O) groups is 1. The number of fused-ring (bicyclic) bond motifs is 1. The van der Waals surface area contributed by atoms with Crippen LogP contribution in [-0.2, 0) is 11.2 Å². The van der Waals surface area contributed by atoms with E-state index in [0.717, 1.165) is 41.7 Å². The van der Waals surface area contributed by atoms with Crippen molar-refractivity contribution in [2.24, 2.45) is 0 Å². The lowest BCUT2D eigenvalue weighted by Crippen LogP contribution is -2.08. The monoisotopic (exact) mass is 298 g/mol. The van der Waals surface area contributed by atoms with Gasteiger partial charge < -0.3 is 9.47 Å². The molecule has 0 atom stereocenters. The predicted molar refractivity (Wildman–Crippen MR) is 68.8 cm³/mol. The molecule has 0 spiro atoms. The van der Waals surface area contributed by atoms with Crippen LogP contribution < -0.4 is 4.74 Å². The summed E-state index contributed by atoms with van der Waals surface area (Å²) in [5.74, 6) is 0.886. The van der Waals surface area contributed by atoms with Crippen LogP contribution in [0.15, 0.2) is 16.6 Å². The Bertz CT molecular complexity index is 429. The molecule has 4 heteroatoms. The molecular weight excluding hydrogens is 284 g/mol. The number of methoxy groups -OCH3 is 1. The third kappa shape index (κ3) is 2.87. The van der Waals surface area contributed by atoms with E-state index >= 15 is 0 Å². The molecule has 3 nitrogen and oxygen atoms in total. The number of hydrogen-bond acceptors (Lipinski definition) is 3. The van der Waals surface area contributed by atoms with Gasteiger partial charge in [0.2, 0.25) is 0 Å². The predicted octanol–water partition coefficient (Wildman–Crippen LogP) is 2.99. The lowest BCUT2D eigenvalue weighted by Gasteiger charge is -2.11. The smallest absolute Gasteiger partial charge is 0.188 e. The summed E-state index contributed by atoms with van der Waals surface area (Å²) >= 11 is 3.47. The molecule has 1 aromatic rings. The lowest BCUT2D eigenvalue weighted by molar-refractivity contribution is 0.0848. The number of halogens is 1. The summed E-state index contributed by atoms with van der Waals surface area (Å²) in [5.41, 5.74) is 1.79. The summed E-state index contributed by atoms with van der Waals surface area (Å²) in [5, 5.41) is 0. The average molecular weight is 299 g/mol. The fourth-order valence-electron chi connectivity index (χ4n) is 1.96. The van der Waals surface area contributed by atoms with Crippen molar-refractivity contribution in [1.29, 1.82) is 0 Å². The van der Waals surface area contributed by atoms with Crippen molar-refractivity contribution < 1.29 is 14.3 Å². The van der Waals surface area contributed by atoms with Gasteiger partial charge in [0.15, 0.2) is 5.78 Å². The van der Waals surface area contributed by atoms with Crippen molar-refractivity contribution in [3.63, 3.8) is 0 Å². The van der Waals surface area contributed by atoms with E-state index in [0.29, 0.717) is 5.56 Å². The van der Waals surface area contributed by atoms with E-state index in [9.17, 15) is 4.79 Å². The first-order chi connectivity index (χ1) is 8.22. The third-order valence-electron chi connectivity index (χ3n) is 2.80. The molecule has 0 aliphatic carbocycles. The molecule has 92 valence electrons. The number of ketones is 1. The molecule has 0 amide bonds. The maximum atomic E-state index is 11.8. The molecule has 2 rings (SSSR count). The van der Waals surface area contributed by atoms with Crippen molar-refractivity contribution in [3.05, 3.63) is 27.7 Å². The quantitative estimate of drug-likeness (QED) is 0.805. The largest absolute Gasteiger partial charge is 0.492 e. The highest BCUT2D eigenvalue weighted by atomic mass is 79.9. The van der Waals surface area contributed by atoms with Gasteiger partial charge in [0.1, 0.15) is 12.4 Å². The van der Waals surface area contributed by atoms with Crippen LogP contribution >= 0.6 is 15.9 Å². The Morgan fingerprint density at radius 3 is 3.06 bits per heavy atom. The number of carbonyl (C=O) groups excluding carboxylic acids is 1. The number of benzene rings is 1. The van der Waals surface area contributed by atoms with E-state index in [1.165, 1.54) is 7.11 Å². The number of rotatable bonds is 3. The zero-order valence-corrected chi connectivity index (χ0v) is 11.4. The van der Waals surface area contributed by atoms with Gasteiger partial charge in [-0.2, -0.15) is 0 Å². The number of hydrogen-bond donors (Lipinski definition) is 0. The maximum absolute atomic E-state index is 11.8. The van der Waals surface area contributed by atoms with E-state index in [2.05, 4.69) is 15.9 Å². The van der Waals surface area contributed by atoms with Crippen LogP contribution in [0.2, 0.25) is 0 Å². The molecule has 0 fully saturated rings. The molecule has 0 aromatic heterocycles. The van der Waals surface area contributed by atoms with Gasteiger partial charge in [-0.15, -0.1) is 0 Å². The molecular formula is C13H15BrO3. The maximum Gasteiger partial charge on any atom is 0.188 e. The summed E-state index contributed by atoms with van der Waals surface area (Å²) in [6.45, 7) is 0.864. The van der Waals surface area contributed by atoms with Gasteiger partial charge in [0, 0.05) is 12.7 Å². The normalized spacial score (nSPS) is 14.7. The van der Waals surface area contributed by atoms with Crippen LogP contribution in [0.1, 0.15) is 28.8 Å². The summed E-state index contributed by atoms with van der Waals surface area (Å²) in [6.07, 6.45) is 3.12. The van der Waals surface area contributed by atoms with Crippen LogP contribution in [0.5, 0.6) is 5.75 Å². The van der Waals surface area contributed by atoms with Crippen molar-refractivity contribution >= 4 is 21.7 Å². The molecule has 1 heterocycles. The highest BCUT2D eigenvalue weighted by Gasteiger charge is 2.16. The average Bonchev–Trinajstić information content (AvgIpc) is 2.54. The minimum atomic E-state index is 0.000229. The molecule has 17 heavy (non-hydrogen) atoms. The highest BCUT2D eigenvalue weighted by molar-refractivity contribution is 9.10. The zero-order chi connectivity index (χ0) is 12.3. The summed E-state index contributed by atoms with van der Waals surface area (Å²) < 4.78 is 11.4. The van der Waals surface area contributed by atoms with Gasteiger partial charge in [-0.05, 0) is 52.9 Å². The minimum Gasteiger partial charge on any atom is -0.492 e. The van der Waals surface area contributed by atoms with Gasteiger partial charge in [-0.25, -0.2) is 0 Å². The molecule has 1 aliphatic rings. The minimum absolute atomic E-state index is 0.000229. The number of Topliss-reactive ketones (excluding diaryl/α,β-unsaturated/α-hetero) is 1. The topological polar surface area (TPSA) is 35.5 Å². The number of aryl methyl sites for hydroxylation is 1. The van der Waals surface area contributed by atoms with Crippen LogP contribution in [0.3, 0.4) is 0 Å². The molecule has 1 aromatic carbocycles. The first kappa shape index (κ1) is 12.6. The third-order valence-corrected chi connectivity index (χ3v) is 3.39. The Hall–Kier alpha value is -0.870. The SMILES string of the molecule is COCC(=O)c1cc(Br)c2c(c1)CCCCO2. The lowest BCUT2D eigenvalue weighted by atomic mass is 10.0. The molecule has 0 unspecified atom stereocenters. The fourth-order valence-corrected chi connectivity index (χ4v) is 2.58. The summed E-state index contributed by atoms with van der Waals surface area (Å²) in [6, 6.07) is 3.73. The van der Waals surface area contributed by atoms with Crippen LogP contribution in [0.4, 0.5) is 0 Å². The molecule has 0 saturated heterocycles. The standard InChI is InChI=1S/C13H15BrO3/c1-16-8-12(15)10-6-9-4-2-3-5-17-13(9)11(14)7-10/h6-7H,2-5,8H2,1H3. The molecule has 0 radical (unpaired) electrons. The molecule has 0 bridgehead atoms. The van der Waals surface area contributed by atoms with Gasteiger partial charge in [-0.1, -0.05) is 0 Å². The fraction of sp³-hybridized carbons (Fsp3) is 0.462. The summed E-state index contributed by atoms with van der Waals surface area (Å²) in [7, 11) is 1.53. The van der Waals surface area contributed by atoms with E-state index < -0.39 is 0 Å². The second-order valence-electron chi connectivity index (χ2n) is 4.11. The van der Waals surface area contributed by atoms with Crippen molar-refractivity contribution in [3.8, 4) is 5.75 Å². The second-order valence-corrected chi connectivity index (χ2v) is 4.96. The highest BCUT2D eigenvalue weighted by Crippen LogP contribution is 2.33. The van der Waals surface area contributed by atoms with Crippen molar-refractivity contribution in [2.45, 2.75) is 19.3 Å². The Balaban J connectivity index is 2.35. The van der Waals surface area contributed by atoms with Gasteiger partial charge in [0.05, 0.1) is 11.1 Å². The Labute approximate surface area is 109 Å². The molecule has 0 saturated carbocycles. The first-order valence-corrected chi connectivity index (χ1v) is 6.49. The Morgan fingerprint density at radius 2 is 2.29 bits per heavy atom. The van der Waals surface area contributed by atoms with E-state index in [1.807, 2.05) is 12.1 Å². The Morgan fingerprint density at radius 1 is 1.47 bits per heavy atom. The van der Waals surface area contributed by atoms with Crippen LogP contribution in [-0.4, -0.2) is 26.1 Å². The van der Waals surface area contributed by atoms with E-state index in [-0.39, 0.29) is 12.4 Å². The summed E-state index contributed by atoms with van der Waals surface area (Å²) in [4.78, 5) is 11.8. The van der Waals surface area contributed by atoms with Crippen LogP contribution in [0, 0.1) is 0 Å². The van der Waals surface area contributed by atoms with Gasteiger partial charge in [0.25, 0.3) is 0 Å². The van der Waals surface area contributed by atoms with Crippen molar-refractivity contribution in [1.82, 2.24) is 0 Å².